The lowest BCUT2D eigenvalue weighted by molar-refractivity contribution is 0.155. The Bertz CT molecular complexity index is 322. The van der Waals surface area contributed by atoms with Crippen LogP contribution in [0.4, 0.5) is 0 Å². The molecule has 1 saturated carbocycles. The third kappa shape index (κ3) is 2.71. The van der Waals surface area contributed by atoms with Gasteiger partial charge in [-0.15, -0.1) is 0 Å². The minimum absolute atomic E-state index is 0.242. The van der Waals surface area contributed by atoms with E-state index < -0.39 is 9.84 Å². The molecule has 1 heterocycles. The van der Waals surface area contributed by atoms with Gasteiger partial charge in [-0.3, -0.25) is 0 Å². The maximum Gasteiger partial charge on any atom is 0.151 e. The number of hydrogen-bond acceptors (Lipinski definition) is 4. The van der Waals surface area contributed by atoms with E-state index in [1.807, 2.05) is 7.05 Å². The lowest BCUT2D eigenvalue weighted by Crippen LogP contribution is -2.44. The van der Waals surface area contributed by atoms with Crippen molar-refractivity contribution in [1.29, 1.82) is 0 Å². The van der Waals surface area contributed by atoms with Crippen molar-refractivity contribution in [3.05, 3.63) is 0 Å². The van der Waals surface area contributed by atoms with Gasteiger partial charge in [0.2, 0.25) is 0 Å². The average Bonchev–Trinajstić information content (AvgIpc) is 2.43. The fourth-order valence-corrected chi connectivity index (χ4v) is 4.42. The van der Waals surface area contributed by atoms with Gasteiger partial charge in [0.25, 0.3) is 0 Å². The Morgan fingerprint density at radius 2 is 2.07 bits per heavy atom. The van der Waals surface area contributed by atoms with Gasteiger partial charge in [0.15, 0.2) is 9.84 Å². The molecule has 0 amide bonds. The largest absolute Gasteiger partial charge is 0.328 e. The molecule has 0 radical (unpaired) electrons. The monoisotopic (exact) mass is 232 g/mol. The molecule has 0 aromatic carbocycles. The summed E-state index contributed by atoms with van der Waals surface area (Å²) in [5.74, 6) is 1.40. The smallest absolute Gasteiger partial charge is 0.151 e. The first-order valence-corrected chi connectivity index (χ1v) is 7.44. The molecule has 4 nitrogen and oxygen atoms in total. The molecule has 1 saturated heterocycles. The van der Waals surface area contributed by atoms with Crippen LogP contribution in [0.15, 0.2) is 0 Å². The van der Waals surface area contributed by atoms with Crippen molar-refractivity contribution in [3.63, 3.8) is 0 Å². The van der Waals surface area contributed by atoms with Crippen molar-refractivity contribution in [1.82, 2.24) is 4.90 Å². The number of hydrogen-bond donors (Lipinski definition) is 1. The van der Waals surface area contributed by atoms with Crippen LogP contribution in [-0.2, 0) is 9.84 Å². The van der Waals surface area contributed by atoms with E-state index in [1.54, 1.807) is 0 Å². The fourth-order valence-electron chi connectivity index (χ4n) is 2.62. The van der Waals surface area contributed by atoms with Crippen molar-refractivity contribution in [2.24, 2.45) is 11.7 Å². The molecule has 1 unspecified atom stereocenters. The third-order valence-corrected chi connectivity index (χ3v) is 5.40. The second-order valence-electron chi connectivity index (χ2n) is 5.09. The van der Waals surface area contributed by atoms with Crippen LogP contribution in [0.1, 0.15) is 19.3 Å². The zero-order valence-electron chi connectivity index (χ0n) is 9.22. The van der Waals surface area contributed by atoms with Gasteiger partial charge in [-0.2, -0.15) is 0 Å². The van der Waals surface area contributed by atoms with Gasteiger partial charge in [0.05, 0.1) is 11.5 Å². The first-order valence-electron chi connectivity index (χ1n) is 5.62. The Hall–Kier alpha value is -0.130. The number of nitrogens with zero attached hydrogens (tertiary/aromatic N) is 1. The molecule has 2 rings (SSSR count). The van der Waals surface area contributed by atoms with Crippen molar-refractivity contribution in [2.45, 2.75) is 31.3 Å². The van der Waals surface area contributed by atoms with Crippen LogP contribution in [0, 0.1) is 5.92 Å². The summed E-state index contributed by atoms with van der Waals surface area (Å²) < 4.78 is 22.6. The first-order chi connectivity index (χ1) is 6.96. The molecule has 0 spiro atoms. The molecule has 0 bridgehead atoms. The van der Waals surface area contributed by atoms with Gasteiger partial charge < -0.3 is 10.6 Å². The highest BCUT2D eigenvalue weighted by molar-refractivity contribution is 7.91. The van der Waals surface area contributed by atoms with Crippen LogP contribution in [0.25, 0.3) is 0 Å². The van der Waals surface area contributed by atoms with E-state index in [9.17, 15) is 8.42 Å². The molecule has 2 aliphatic rings. The van der Waals surface area contributed by atoms with Crippen molar-refractivity contribution >= 4 is 9.84 Å². The SMILES string of the molecule is CN(CC1CC(N)C1)C1CCS(=O)(=O)C1. The van der Waals surface area contributed by atoms with Crippen LogP contribution in [0.2, 0.25) is 0 Å². The Morgan fingerprint density at radius 3 is 2.53 bits per heavy atom. The third-order valence-electron chi connectivity index (χ3n) is 3.65. The Morgan fingerprint density at radius 1 is 1.40 bits per heavy atom. The summed E-state index contributed by atoms with van der Waals surface area (Å²) in [4.78, 5) is 2.21. The standard InChI is InChI=1S/C10H20N2O2S/c1-12(6-8-4-9(11)5-8)10-2-3-15(13,14)7-10/h8-10H,2-7,11H2,1H3. The summed E-state index contributed by atoms with van der Waals surface area (Å²) in [5.41, 5.74) is 5.73. The first kappa shape index (κ1) is 11.4. The van der Waals surface area contributed by atoms with Gasteiger partial charge in [-0.05, 0) is 32.2 Å². The van der Waals surface area contributed by atoms with E-state index in [0.29, 0.717) is 23.5 Å². The van der Waals surface area contributed by atoms with E-state index >= 15 is 0 Å². The van der Waals surface area contributed by atoms with Crippen LogP contribution >= 0.6 is 0 Å². The minimum Gasteiger partial charge on any atom is -0.328 e. The van der Waals surface area contributed by atoms with E-state index in [-0.39, 0.29) is 6.04 Å². The van der Waals surface area contributed by atoms with Crippen LogP contribution in [0.5, 0.6) is 0 Å². The summed E-state index contributed by atoms with van der Waals surface area (Å²) in [6, 6.07) is 0.627. The zero-order chi connectivity index (χ0) is 11.1. The van der Waals surface area contributed by atoms with Crippen molar-refractivity contribution in [2.75, 3.05) is 25.1 Å². The Kier molecular flexibility index (Phi) is 3.05. The molecule has 1 atom stereocenters. The number of sulfone groups is 1. The highest BCUT2D eigenvalue weighted by Gasteiger charge is 2.33. The van der Waals surface area contributed by atoms with E-state index in [4.69, 9.17) is 5.73 Å². The molecule has 0 aromatic heterocycles. The normalized spacial score (nSPS) is 39.3. The predicted molar refractivity (Wildman–Crippen MR) is 60.4 cm³/mol. The zero-order valence-corrected chi connectivity index (χ0v) is 10.0. The molecule has 2 N–H and O–H groups in total. The van der Waals surface area contributed by atoms with Crippen LogP contribution < -0.4 is 5.73 Å². The fraction of sp³-hybridized carbons (Fsp3) is 1.00. The molecule has 5 heteroatoms. The molecular weight excluding hydrogens is 212 g/mol. The van der Waals surface area contributed by atoms with E-state index in [2.05, 4.69) is 4.90 Å². The summed E-state index contributed by atoms with van der Waals surface area (Å²) in [7, 11) is -0.705. The van der Waals surface area contributed by atoms with Crippen LogP contribution in [0.3, 0.4) is 0 Å². The molecular formula is C10H20N2O2S. The van der Waals surface area contributed by atoms with Crippen LogP contribution in [-0.4, -0.2) is 50.5 Å². The highest BCUT2D eigenvalue weighted by Crippen LogP contribution is 2.27. The lowest BCUT2D eigenvalue weighted by Gasteiger charge is -2.37. The molecule has 1 aliphatic heterocycles. The van der Waals surface area contributed by atoms with E-state index in [1.165, 1.54) is 0 Å². The van der Waals surface area contributed by atoms with Crippen molar-refractivity contribution < 1.29 is 8.42 Å². The van der Waals surface area contributed by atoms with Gasteiger partial charge >= 0.3 is 0 Å². The van der Waals surface area contributed by atoms with Gasteiger partial charge in [0.1, 0.15) is 0 Å². The van der Waals surface area contributed by atoms with Crippen molar-refractivity contribution in [3.8, 4) is 0 Å². The second-order valence-corrected chi connectivity index (χ2v) is 7.32. The van der Waals surface area contributed by atoms with Gasteiger partial charge in [0, 0.05) is 18.6 Å². The minimum atomic E-state index is -2.74. The quantitative estimate of drug-likeness (QED) is 0.734. The number of rotatable bonds is 3. The van der Waals surface area contributed by atoms with Gasteiger partial charge in [-0.25, -0.2) is 8.42 Å². The van der Waals surface area contributed by atoms with Gasteiger partial charge in [-0.1, -0.05) is 0 Å². The molecule has 0 aromatic rings. The number of nitrogens with two attached hydrogens (primary N) is 1. The molecule has 88 valence electrons. The molecule has 15 heavy (non-hydrogen) atoms. The second kappa shape index (κ2) is 4.03. The summed E-state index contributed by atoms with van der Waals surface area (Å²) >= 11 is 0. The summed E-state index contributed by atoms with van der Waals surface area (Å²) in [5, 5.41) is 0. The maximum atomic E-state index is 11.3. The summed E-state index contributed by atoms with van der Waals surface area (Å²) in [6.07, 6.45) is 3.01. The lowest BCUT2D eigenvalue weighted by atomic mass is 9.80. The van der Waals surface area contributed by atoms with E-state index in [0.717, 1.165) is 25.8 Å². The summed E-state index contributed by atoms with van der Waals surface area (Å²) in [6.45, 7) is 1.01. The maximum absolute atomic E-state index is 11.3. The predicted octanol–water partition coefficient (Wildman–Crippen LogP) is -0.157. The molecule has 2 fully saturated rings. The Balaban J connectivity index is 1.79. The average molecular weight is 232 g/mol. The Labute approximate surface area is 91.7 Å². The topological polar surface area (TPSA) is 63.4 Å². The molecule has 1 aliphatic carbocycles. The highest BCUT2D eigenvalue weighted by atomic mass is 32.2.